The molecule has 0 unspecified atom stereocenters. The number of hydrogen-bond acceptors (Lipinski definition) is 0. The SMILES string of the molecule is FC(F)(F)c1cccc([As](Cl)Cl)c1. The normalized spacial score (nSPS) is 12.2. The molecular formula is C7H4AsCl2F3. The van der Waals surface area contributed by atoms with Crippen LogP contribution in [0, 0.1) is 0 Å². The van der Waals surface area contributed by atoms with Gasteiger partial charge in [0.15, 0.2) is 0 Å². The molecule has 0 atom stereocenters. The molecule has 0 aliphatic heterocycles. The summed E-state index contributed by atoms with van der Waals surface area (Å²) in [7, 11) is 11.1. The third kappa shape index (κ3) is 3.08. The van der Waals surface area contributed by atoms with E-state index in [0.717, 1.165) is 12.1 Å². The van der Waals surface area contributed by atoms with Crippen LogP contribution < -0.4 is 4.35 Å². The number of benzene rings is 1. The Morgan fingerprint density at radius 1 is 1.15 bits per heavy atom. The molecule has 0 nitrogen and oxygen atoms in total. The first-order chi connectivity index (χ1) is 5.91. The maximum atomic E-state index is 12.2. The molecule has 0 radical (unpaired) electrons. The minimum atomic E-state index is -4.33. The summed E-state index contributed by atoms with van der Waals surface area (Å²) in [5.41, 5.74) is -0.703. The van der Waals surface area contributed by atoms with Gasteiger partial charge in [-0.2, -0.15) is 0 Å². The van der Waals surface area contributed by atoms with Crippen LogP contribution in [0.3, 0.4) is 0 Å². The van der Waals surface area contributed by atoms with E-state index in [2.05, 4.69) is 0 Å². The van der Waals surface area contributed by atoms with Crippen LogP contribution in [0.4, 0.5) is 13.2 Å². The molecular weight excluding hydrogens is 287 g/mol. The Balaban J connectivity index is 3.06. The molecule has 0 heterocycles. The van der Waals surface area contributed by atoms with Crippen molar-refractivity contribution in [2.45, 2.75) is 6.18 Å². The van der Waals surface area contributed by atoms with E-state index >= 15 is 0 Å². The van der Waals surface area contributed by atoms with E-state index < -0.39 is 24.5 Å². The zero-order chi connectivity index (χ0) is 10.1. The van der Waals surface area contributed by atoms with Gasteiger partial charge in [-0.3, -0.25) is 0 Å². The fourth-order valence-electron chi connectivity index (χ4n) is 0.787. The van der Waals surface area contributed by atoms with Gasteiger partial charge >= 0.3 is 86.2 Å². The third-order valence-corrected chi connectivity index (χ3v) is 4.80. The van der Waals surface area contributed by atoms with Crippen LogP contribution >= 0.6 is 19.9 Å². The molecule has 0 spiro atoms. The molecule has 0 saturated carbocycles. The van der Waals surface area contributed by atoms with E-state index in [0.29, 0.717) is 4.35 Å². The number of rotatable bonds is 1. The van der Waals surface area contributed by atoms with Crippen LogP contribution in [0.2, 0.25) is 0 Å². The van der Waals surface area contributed by atoms with Crippen molar-refractivity contribution in [1.29, 1.82) is 0 Å². The fourth-order valence-corrected chi connectivity index (χ4v) is 2.79. The zero-order valence-corrected chi connectivity index (χ0v) is 9.53. The molecule has 0 aliphatic carbocycles. The summed E-state index contributed by atoms with van der Waals surface area (Å²) in [6.45, 7) is 0. The Labute approximate surface area is 86.2 Å². The maximum absolute atomic E-state index is 12.2. The quantitative estimate of drug-likeness (QED) is 0.698. The van der Waals surface area contributed by atoms with Gasteiger partial charge in [0.25, 0.3) is 0 Å². The average molecular weight is 291 g/mol. The second kappa shape index (κ2) is 4.12. The Hall–Kier alpha value is 0.148. The van der Waals surface area contributed by atoms with E-state index in [1.807, 2.05) is 0 Å². The molecule has 0 amide bonds. The van der Waals surface area contributed by atoms with E-state index in [-0.39, 0.29) is 0 Å². The number of hydrogen-bond donors (Lipinski definition) is 0. The predicted octanol–water partition coefficient (Wildman–Crippen LogP) is 2.88. The summed E-state index contributed by atoms with van der Waals surface area (Å²) in [5.74, 6) is 0. The van der Waals surface area contributed by atoms with Gasteiger partial charge in [0, 0.05) is 0 Å². The van der Waals surface area contributed by atoms with Gasteiger partial charge in [-0.15, -0.1) is 0 Å². The van der Waals surface area contributed by atoms with Crippen LogP contribution in [0.25, 0.3) is 0 Å². The molecule has 0 bridgehead atoms. The van der Waals surface area contributed by atoms with Crippen molar-refractivity contribution in [3.05, 3.63) is 29.8 Å². The number of halogens is 5. The first kappa shape index (κ1) is 11.2. The average Bonchev–Trinajstić information content (AvgIpc) is 2.03. The molecule has 0 aromatic heterocycles. The molecule has 1 aromatic rings. The van der Waals surface area contributed by atoms with E-state index in [9.17, 15) is 13.2 Å². The Bertz CT molecular complexity index is 298. The Kier molecular flexibility index (Phi) is 3.56. The van der Waals surface area contributed by atoms with Gasteiger partial charge < -0.3 is 0 Å². The first-order valence-corrected chi connectivity index (χ1v) is 9.07. The van der Waals surface area contributed by atoms with Crippen LogP contribution in [0.1, 0.15) is 5.56 Å². The molecule has 6 heteroatoms. The van der Waals surface area contributed by atoms with Gasteiger partial charge in [-0.1, -0.05) is 0 Å². The topological polar surface area (TPSA) is 0 Å². The van der Waals surface area contributed by atoms with Gasteiger partial charge in [-0.25, -0.2) is 0 Å². The van der Waals surface area contributed by atoms with E-state index in [4.69, 9.17) is 19.9 Å². The molecule has 1 rings (SSSR count). The molecule has 0 fully saturated rings. The molecule has 0 N–H and O–H groups in total. The second-order valence-electron chi connectivity index (χ2n) is 2.28. The molecule has 1 aromatic carbocycles. The number of alkyl halides is 3. The summed E-state index contributed by atoms with van der Waals surface area (Å²) in [5, 5.41) is 0. The zero-order valence-electron chi connectivity index (χ0n) is 6.15. The van der Waals surface area contributed by atoms with Crippen molar-refractivity contribution in [1.82, 2.24) is 0 Å². The van der Waals surface area contributed by atoms with Crippen molar-refractivity contribution in [3.8, 4) is 0 Å². The molecule has 0 saturated heterocycles. The van der Waals surface area contributed by atoms with Crippen LogP contribution in [0.5, 0.6) is 0 Å². The summed E-state index contributed by atoms with van der Waals surface area (Å²) >= 11 is -2.25. The van der Waals surface area contributed by atoms with E-state index in [1.165, 1.54) is 12.1 Å². The van der Waals surface area contributed by atoms with Crippen molar-refractivity contribution >= 4 is 37.0 Å². The predicted molar refractivity (Wildman–Crippen MR) is 48.5 cm³/mol. The van der Waals surface area contributed by atoms with Crippen molar-refractivity contribution in [2.24, 2.45) is 0 Å². The monoisotopic (exact) mass is 290 g/mol. The van der Waals surface area contributed by atoms with Gasteiger partial charge in [0.2, 0.25) is 0 Å². The molecule has 13 heavy (non-hydrogen) atoms. The van der Waals surface area contributed by atoms with Crippen LogP contribution in [-0.2, 0) is 6.18 Å². The summed E-state index contributed by atoms with van der Waals surface area (Å²) in [6.07, 6.45) is -4.33. The third-order valence-electron chi connectivity index (χ3n) is 1.37. The summed E-state index contributed by atoms with van der Waals surface area (Å²) in [6, 6.07) is 4.81. The minimum absolute atomic E-state index is 0.394. The van der Waals surface area contributed by atoms with E-state index in [1.54, 1.807) is 0 Å². The second-order valence-corrected chi connectivity index (χ2v) is 8.75. The standard InChI is InChI=1S/C7H4AsCl2F3/c9-8(10)6-3-1-2-5(4-6)7(11,12)13/h1-4H. The van der Waals surface area contributed by atoms with Crippen LogP contribution in [0.15, 0.2) is 24.3 Å². The van der Waals surface area contributed by atoms with Gasteiger partial charge in [-0.05, 0) is 0 Å². The first-order valence-electron chi connectivity index (χ1n) is 3.20. The van der Waals surface area contributed by atoms with Crippen LogP contribution in [-0.4, -0.2) is 12.8 Å². The molecule has 72 valence electrons. The summed E-state index contributed by atoms with van der Waals surface area (Å²) < 4.78 is 36.9. The summed E-state index contributed by atoms with van der Waals surface area (Å²) in [4.78, 5) is 0. The molecule has 0 aliphatic rings. The van der Waals surface area contributed by atoms with Crippen molar-refractivity contribution < 1.29 is 13.2 Å². The Morgan fingerprint density at radius 3 is 2.23 bits per heavy atom. The fraction of sp³-hybridized carbons (Fsp3) is 0.143. The van der Waals surface area contributed by atoms with Gasteiger partial charge in [0.05, 0.1) is 0 Å². The van der Waals surface area contributed by atoms with Crippen molar-refractivity contribution in [2.75, 3.05) is 0 Å². The van der Waals surface area contributed by atoms with Gasteiger partial charge in [0.1, 0.15) is 0 Å². The Morgan fingerprint density at radius 2 is 1.77 bits per heavy atom. The van der Waals surface area contributed by atoms with Crippen molar-refractivity contribution in [3.63, 3.8) is 0 Å².